The fraction of sp³-hybridized carbons (Fsp3) is 0.316. The first-order chi connectivity index (χ1) is 14.0. The molecule has 0 atom stereocenters. The van der Waals surface area contributed by atoms with Gasteiger partial charge in [0.05, 0.1) is 22.5 Å². The lowest BCUT2D eigenvalue weighted by atomic mass is 10.1. The molecule has 29 heavy (non-hydrogen) atoms. The van der Waals surface area contributed by atoms with Crippen molar-refractivity contribution in [3.05, 3.63) is 39.6 Å². The highest BCUT2D eigenvalue weighted by Gasteiger charge is 2.29. The number of thiophene rings is 1. The maximum Gasteiger partial charge on any atom is 0.340 e. The molecule has 1 fully saturated rings. The van der Waals surface area contributed by atoms with E-state index in [1.54, 1.807) is 25.5 Å². The Morgan fingerprint density at radius 3 is 2.62 bits per heavy atom. The molecule has 0 aromatic carbocycles. The number of nitrogens with two attached hydrogens (primary N) is 1. The molecule has 0 aliphatic heterocycles. The molecule has 150 valence electrons. The number of aryl methyl sites for hydroxylation is 1. The van der Waals surface area contributed by atoms with Gasteiger partial charge in [-0.2, -0.15) is 0 Å². The van der Waals surface area contributed by atoms with E-state index in [1.165, 1.54) is 11.3 Å². The lowest BCUT2D eigenvalue weighted by Crippen LogP contribution is -2.15. The largest absolute Gasteiger partial charge is 0.478 e. The number of carbonyl (C=O) groups is 2. The molecule has 4 rings (SSSR count). The molecule has 0 radical (unpaired) electrons. The third kappa shape index (κ3) is 3.73. The van der Waals surface area contributed by atoms with E-state index in [9.17, 15) is 14.7 Å². The smallest absolute Gasteiger partial charge is 0.340 e. The summed E-state index contributed by atoms with van der Waals surface area (Å²) in [6, 6.07) is 0.211. The van der Waals surface area contributed by atoms with Gasteiger partial charge >= 0.3 is 5.97 Å². The maximum absolute atomic E-state index is 13.2. The lowest BCUT2D eigenvalue weighted by molar-refractivity contribution is 0.0699. The van der Waals surface area contributed by atoms with E-state index in [-0.39, 0.29) is 28.0 Å². The van der Waals surface area contributed by atoms with Crippen LogP contribution in [0.25, 0.3) is 10.7 Å². The van der Waals surface area contributed by atoms with Gasteiger partial charge in [0.2, 0.25) is 5.78 Å². The number of anilines is 2. The summed E-state index contributed by atoms with van der Waals surface area (Å²) in [5.74, 6) is -1.46. The first-order valence-corrected chi connectivity index (χ1v) is 10.8. The van der Waals surface area contributed by atoms with Crippen LogP contribution in [0.15, 0.2) is 18.6 Å². The number of nitrogens with one attached hydrogen (secondary N) is 1. The summed E-state index contributed by atoms with van der Waals surface area (Å²) < 4.78 is 0. The standard InChI is InChI=1S/C19H19N5O3S2/c1-9-15(28-17(23-9)11-8-21-6-7-22-11)14(25)16-13(20)12(19(26)27)18(29-16)24-10-4-2-3-5-10/h6-8,10,24H,2-5,20H2,1H3,(H,26,27). The number of ketones is 1. The van der Waals surface area contributed by atoms with Crippen LogP contribution in [-0.2, 0) is 0 Å². The van der Waals surface area contributed by atoms with Crippen molar-refractivity contribution in [3.63, 3.8) is 0 Å². The van der Waals surface area contributed by atoms with Crippen molar-refractivity contribution in [1.82, 2.24) is 15.0 Å². The molecular weight excluding hydrogens is 410 g/mol. The SMILES string of the molecule is Cc1nc(-c2cnccn2)sc1C(=O)c1sc(NC2CCCC2)c(C(=O)O)c1N. The molecule has 0 unspecified atom stereocenters. The van der Waals surface area contributed by atoms with Crippen molar-refractivity contribution >= 4 is 45.1 Å². The third-order valence-corrected chi connectivity index (χ3v) is 7.15. The molecule has 0 saturated heterocycles. The maximum atomic E-state index is 13.2. The number of aromatic nitrogens is 3. The Morgan fingerprint density at radius 2 is 1.97 bits per heavy atom. The van der Waals surface area contributed by atoms with Gasteiger partial charge in [-0.3, -0.25) is 14.8 Å². The molecular formula is C19H19N5O3S2. The number of hydrogen-bond donors (Lipinski definition) is 3. The topological polar surface area (TPSA) is 131 Å². The van der Waals surface area contributed by atoms with Crippen molar-refractivity contribution < 1.29 is 14.7 Å². The molecule has 0 bridgehead atoms. The average molecular weight is 430 g/mol. The van der Waals surface area contributed by atoms with Crippen LogP contribution in [0.2, 0.25) is 0 Å². The van der Waals surface area contributed by atoms with E-state index in [2.05, 4.69) is 20.3 Å². The summed E-state index contributed by atoms with van der Waals surface area (Å²) in [6.07, 6.45) is 8.89. The molecule has 8 nitrogen and oxygen atoms in total. The van der Waals surface area contributed by atoms with Crippen molar-refractivity contribution in [1.29, 1.82) is 0 Å². The Balaban J connectivity index is 1.70. The first kappa shape index (κ1) is 19.5. The van der Waals surface area contributed by atoms with Crippen LogP contribution in [-0.4, -0.2) is 37.9 Å². The van der Waals surface area contributed by atoms with Crippen LogP contribution < -0.4 is 11.1 Å². The zero-order valence-electron chi connectivity index (χ0n) is 15.6. The van der Waals surface area contributed by atoms with Gasteiger partial charge in [0, 0.05) is 18.4 Å². The van der Waals surface area contributed by atoms with Crippen LogP contribution >= 0.6 is 22.7 Å². The first-order valence-electron chi connectivity index (χ1n) is 9.16. The zero-order valence-corrected chi connectivity index (χ0v) is 17.3. The molecule has 0 amide bonds. The zero-order chi connectivity index (χ0) is 20.5. The van der Waals surface area contributed by atoms with Crippen molar-refractivity contribution in [2.75, 3.05) is 11.1 Å². The molecule has 3 aromatic heterocycles. The van der Waals surface area contributed by atoms with Crippen LogP contribution in [0.1, 0.15) is 56.3 Å². The van der Waals surface area contributed by atoms with E-state index < -0.39 is 5.97 Å². The third-order valence-electron chi connectivity index (χ3n) is 4.84. The monoisotopic (exact) mass is 429 g/mol. The molecule has 1 aliphatic carbocycles. The number of carboxylic acids is 1. The number of nitrogens with zero attached hydrogens (tertiary/aromatic N) is 3. The summed E-state index contributed by atoms with van der Waals surface area (Å²) in [5, 5.41) is 13.9. The minimum absolute atomic E-state index is 0.00171. The molecule has 0 spiro atoms. The van der Waals surface area contributed by atoms with Gasteiger partial charge in [-0.05, 0) is 19.8 Å². The van der Waals surface area contributed by atoms with Crippen LogP contribution in [0, 0.1) is 6.92 Å². The number of hydrogen-bond acceptors (Lipinski definition) is 9. The Morgan fingerprint density at radius 1 is 1.21 bits per heavy atom. The van der Waals surface area contributed by atoms with E-state index in [0.717, 1.165) is 37.0 Å². The van der Waals surface area contributed by atoms with Gasteiger partial charge in [-0.15, -0.1) is 22.7 Å². The molecule has 10 heteroatoms. The quantitative estimate of drug-likeness (QED) is 0.504. The van der Waals surface area contributed by atoms with E-state index in [4.69, 9.17) is 5.73 Å². The average Bonchev–Trinajstić information content (AvgIpc) is 3.42. The van der Waals surface area contributed by atoms with E-state index in [1.807, 2.05) is 0 Å². The minimum Gasteiger partial charge on any atom is -0.478 e. The van der Waals surface area contributed by atoms with Crippen LogP contribution in [0.4, 0.5) is 10.7 Å². The summed E-state index contributed by atoms with van der Waals surface area (Å²) in [5.41, 5.74) is 7.22. The highest BCUT2D eigenvalue weighted by molar-refractivity contribution is 7.21. The molecule has 4 N–H and O–H groups in total. The molecule has 3 aromatic rings. The van der Waals surface area contributed by atoms with Crippen molar-refractivity contribution in [2.45, 2.75) is 38.6 Å². The number of rotatable bonds is 6. The minimum atomic E-state index is -1.14. The van der Waals surface area contributed by atoms with Gasteiger partial charge in [-0.25, -0.2) is 9.78 Å². The number of nitrogen functional groups attached to an aromatic ring is 1. The molecule has 1 saturated carbocycles. The highest BCUT2D eigenvalue weighted by Crippen LogP contribution is 2.40. The van der Waals surface area contributed by atoms with Gasteiger partial charge in [0.15, 0.2) is 0 Å². The Bertz CT molecular complexity index is 1070. The summed E-state index contributed by atoms with van der Waals surface area (Å²) in [7, 11) is 0. The number of thiazole rings is 1. The van der Waals surface area contributed by atoms with E-state index in [0.29, 0.717) is 26.3 Å². The summed E-state index contributed by atoms with van der Waals surface area (Å²) in [4.78, 5) is 38.3. The van der Waals surface area contributed by atoms with E-state index >= 15 is 0 Å². The van der Waals surface area contributed by atoms with Crippen molar-refractivity contribution in [2.24, 2.45) is 0 Å². The number of carboxylic acid groups (broad SMARTS) is 1. The second-order valence-corrected chi connectivity index (χ2v) is 8.85. The van der Waals surface area contributed by atoms with Crippen LogP contribution in [0.3, 0.4) is 0 Å². The lowest BCUT2D eigenvalue weighted by Gasteiger charge is -2.12. The van der Waals surface area contributed by atoms with Crippen molar-refractivity contribution in [3.8, 4) is 10.7 Å². The summed E-state index contributed by atoms with van der Waals surface area (Å²) >= 11 is 2.30. The fourth-order valence-electron chi connectivity index (χ4n) is 3.41. The number of carbonyl (C=O) groups excluding carboxylic acids is 1. The van der Waals surface area contributed by atoms with Gasteiger partial charge in [0.25, 0.3) is 0 Å². The van der Waals surface area contributed by atoms with Gasteiger partial charge < -0.3 is 16.2 Å². The highest BCUT2D eigenvalue weighted by atomic mass is 32.1. The Labute approximate surface area is 174 Å². The van der Waals surface area contributed by atoms with Gasteiger partial charge in [0.1, 0.15) is 26.1 Å². The van der Waals surface area contributed by atoms with Gasteiger partial charge in [-0.1, -0.05) is 12.8 Å². The second kappa shape index (κ2) is 7.88. The Hall–Kier alpha value is -2.85. The second-order valence-electron chi connectivity index (χ2n) is 6.83. The predicted octanol–water partition coefficient (Wildman–Crippen LogP) is 3.84. The summed E-state index contributed by atoms with van der Waals surface area (Å²) in [6.45, 7) is 1.74. The normalized spacial score (nSPS) is 14.2. The molecule has 1 aliphatic rings. The predicted molar refractivity (Wildman–Crippen MR) is 113 cm³/mol. The van der Waals surface area contributed by atoms with Crippen LogP contribution in [0.5, 0.6) is 0 Å². The fourth-order valence-corrected chi connectivity index (χ4v) is 5.59. The molecule has 3 heterocycles. The number of aromatic carboxylic acids is 1. The Kier molecular flexibility index (Phi) is 5.29.